The van der Waals surface area contributed by atoms with Crippen molar-refractivity contribution in [2.75, 3.05) is 0 Å². The molecule has 3 rings (SSSR count). The van der Waals surface area contributed by atoms with E-state index in [-0.39, 0.29) is 28.3 Å². The Morgan fingerprint density at radius 2 is 2.00 bits per heavy atom. The predicted octanol–water partition coefficient (Wildman–Crippen LogP) is 2.84. The molecular formula is C16H14Cl2N2O3. The average Bonchev–Trinajstić information content (AvgIpc) is 2.73. The van der Waals surface area contributed by atoms with Crippen LogP contribution in [0.15, 0.2) is 30.4 Å². The van der Waals surface area contributed by atoms with Crippen molar-refractivity contribution in [1.29, 1.82) is 0 Å². The summed E-state index contributed by atoms with van der Waals surface area (Å²) in [6.07, 6.45) is 4.33. The molecule has 23 heavy (non-hydrogen) atoms. The van der Waals surface area contributed by atoms with Crippen LogP contribution in [0.2, 0.25) is 10.0 Å². The lowest BCUT2D eigenvalue weighted by atomic mass is 9.78. The summed E-state index contributed by atoms with van der Waals surface area (Å²) in [4.78, 5) is 37.2. The molecule has 0 aromatic heterocycles. The van der Waals surface area contributed by atoms with Gasteiger partial charge >= 0.3 is 0 Å². The van der Waals surface area contributed by atoms with E-state index in [4.69, 9.17) is 23.2 Å². The van der Waals surface area contributed by atoms with E-state index in [0.29, 0.717) is 11.4 Å². The first kappa shape index (κ1) is 16.0. The number of hydrogen-bond donors (Lipinski definition) is 1. The molecule has 7 heteroatoms. The van der Waals surface area contributed by atoms with Crippen molar-refractivity contribution in [2.45, 2.75) is 13.3 Å². The van der Waals surface area contributed by atoms with Gasteiger partial charge in [-0.15, -0.1) is 0 Å². The zero-order valence-electron chi connectivity index (χ0n) is 12.3. The fraction of sp³-hybridized carbons (Fsp3) is 0.312. The van der Waals surface area contributed by atoms with Gasteiger partial charge in [0.05, 0.1) is 22.4 Å². The minimum atomic E-state index is -0.618. The SMILES string of the molecule is C[C@@H]1C=CC[C@H]2C(=O)N(NC(=O)c3ccc(Cl)cc3Cl)C(=O)[C@@H]12. The Balaban J connectivity index is 1.82. The third kappa shape index (κ3) is 2.75. The lowest BCUT2D eigenvalue weighted by Crippen LogP contribution is -2.46. The van der Waals surface area contributed by atoms with Gasteiger partial charge in [0.15, 0.2) is 0 Å². The van der Waals surface area contributed by atoms with Gasteiger partial charge in [-0.1, -0.05) is 42.3 Å². The second-order valence-corrected chi connectivity index (χ2v) is 6.58. The molecule has 1 fully saturated rings. The van der Waals surface area contributed by atoms with Gasteiger partial charge in [-0.05, 0) is 30.5 Å². The predicted molar refractivity (Wildman–Crippen MR) is 85.7 cm³/mol. The molecule has 2 aliphatic rings. The summed E-state index contributed by atoms with van der Waals surface area (Å²) in [6, 6.07) is 4.39. The Hall–Kier alpha value is -1.85. The maximum absolute atomic E-state index is 12.5. The van der Waals surface area contributed by atoms with Gasteiger partial charge in [-0.25, -0.2) is 0 Å². The van der Waals surface area contributed by atoms with Crippen molar-refractivity contribution in [2.24, 2.45) is 17.8 Å². The van der Waals surface area contributed by atoms with E-state index in [9.17, 15) is 14.4 Å². The molecule has 1 aliphatic carbocycles. The molecule has 3 atom stereocenters. The summed E-state index contributed by atoms with van der Waals surface area (Å²) in [7, 11) is 0. The van der Waals surface area contributed by atoms with Gasteiger partial charge in [0.2, 0.25) is 0 Å². The van der Waals surface area contributed by atoms with Crippen molar-refractivity contribution < 1.29 is 14.4 Å². The monoisotopic (exact) mass is 352 g/mol. The van der Waals surface area contributed by atoms with Crippen LogP contribution in [-0.2, 0) is 9.59 Å². The second-order valence-electron chi connectivity index (χ2n) is 5.73. The standard InChI is InChI=1S/C16H14Cl2N2O3/c1-8-3-2-4-11-13(8)16(23)20(15(11)22)19-14(21)10-6-5-9(17)7-12(10)18/h2-3,5-8,11,13H,4H2,1H3,(H,19,21)/t8-,11-,13+/m1/s1. The summed E-state index contributed by atoms with van der Waals surface area (Å²) >= 11 is 11.8. The number of amides is 3. The highest BCUT2D eigenvalue weighted by Crippen LogP contribution is 2.37. The van der Waals surface area contributed by atoms with E-state index < -0.39 is 17.7 Å². The molecule has 1 aromatic rings. The Labute approximate surface area is 143 Å². The number of benzene rings is 1. The molecular weight excluding hydrogens is 339 g/mol. The van der Waals surface area contributed by atoms with Crippen molar-refractivity contribution >= 4 is 40.9 Å². The zero-order chi connectivity index (χ0) is 16.7. The van der Waals surface area contributed by atoms with Crippen LogP contribution in [0.1, 0.15) is 23.7 Å². The number of nitrogens with zero attached hydrogens (tertiary/aromatic N) is 1. The molecule has 5 nitrogen and oxygen atoms in total. The topological polar surface area (TPSA) is 66.5 Å². The van der Waals surface area contributed by atoms with Crippen LogP contribution in [0.4, 0.5) is 0 Å². The van der Waals surface area contributed by atoms with Crippen LogP contribution >= 0.6 is 23.2 Å². The fourth-order valence-electron chi connectivity index (χ4n) is 3.09. The van der Waals surface area contributed by atoms with Crippen LogP contribution in [0.3, 0.4) is 0 Å². The van der Waals surface area contributed by atoms with Crippen molar-refractivity contribution in [3.8, 4) is 0 Å². The van der Waals surface area contributed by atoms with Crippen LogP contribution in [0.5, 0.6) is 0 Å². The molecule has 1 N–H and O–H groups in total. The Kier molecular flexibility index (Phi) is 4.17. The van der Waals surface area contributed by atoms with Crippen LogP contribution in [0.25, 0.3) is 0 Å². The van der Waals surface area contributed by atoms with E-state index in [1.54, 1.807) is 0 Å². The van der Waals surface area contributed by atoms with E-state index >= 15 is 0 Å². The normalized spacial score (nSPS) is 26.4. The first-order valence-corrected chi connectivity index (χ1v) is 7.96. The van der Waals surface area contributed by atoms with Gasteiger partial charge < -0.3 is 0 Å². The van der Waals surface area contributed by atoms with Crippen LogP contribution < -0.4 is 5.43 Å². The number of carbonyl (C=O) groups is 3. The quantitative estimate of drug-likeness (QED) is 0.657. The number of carbonyl (C=O) groups excluding carboxylic acids is 3. The maximum Gasteiger partial charge on any atom is 0.271 e. The van der Waals surface area contributed by atoms with E-state index in [0.717, 1.165) is 5.01 Å². The number of halogens is 2. The molecule has 0 radical (unpaired) electrons. The molecule has 1 aromatic carbocycles. The van der Waals surface area contributed by atoms with Gasteiger partial charge in [-0.2, -0.15) is 5.01 Å². The van der Waals surface area contributed by atoms with E-state index in [2.05, 4.69) is 5.43 Å². The van der Waals surface area contributed by atoms with Gasteiger partial charge in [0, 0.05) is 5.02 Å². The lowest BCUT2D eigenvalue weighted by molar-refractivity contribution is -0.142. The molecule has 0 unspecified atom stereocenters. The number of hydrazine groups is 1. The molecule has 1 saturated heterocycles. The highest BCUT2D eigenvalue weighted by atomic mass is 35.5. The minimum Gasteiger partial charge on any atom is -0.272 e. The summed E-state index contributed by atoms with van der Waals surface area (Å²) < 4.78 is 0. The summed E-state index contributed by atoms with van der Waals surface area (Å²) in [6.45, 7) is 1.89. The van der Waals surface area contributed by atoms with Crippen molar-refractivity contribution in [1.82, 2.24) is 10.4 Å². The van der Waals surface area contributed by atoms with Crippen LogP contribution in [0, 0.1) is 17.8 Å². The molecule has 1 aliphatic heterocycles. The fourth-order valence-corrected chi connectivity index (χ4v) is 3.59. The van der Waals surface area contributed by atoms with Crippen molar-refractivity contribution in [3.63, 3.8) is 0 Å². The third-order valence-electron chi connectivity index (χ3n) is 4.26. The first-order chi connectivity index (χ1) is 10.9. The molecule has 3 amide bonds. The number of imide groups is 1. The average molecular weight is 353 g/mol. The molecule has 0 bridgehead atoms. The Morgan fingerprint density at radius 1 is 1.26 bits per heavy atom. The van der Waals surface area contributed by atoms with Gasteiger partial charge in [-0.3, -0.25) is 19.8 Å². The number of allylic oxidation sites excluding steroid dienone is 2. The van der Waals surface area contributed by atoms with Crippen molar-refractivity contribution in [3.05, 3.63) is 46.0 Å². The summed E-state index contributed by atoms with van der Waals surface area (Å²) in [5.74, 6) is -2.25. The Morgan fingerprint density at radius 3 is 2.65 bits per heavy atom. The Bertz CT molecular complexity index is 732. The maximum atomic E-state index is 12.5. The zero-order valence-corrected chi connectivity index (χ0v) is 13.8. The second kappa shape index (κ2) is 5.98. The molecule has 0 saturated carbocycles. The van der Waals surface area contributed by atoms with Gasteiger partial charge in [0.25, 0.3) is 17.7 Å². The summed E-state index contributed by atoms with van der Waals surface area (Å²) in [5.41, 5.74) is 2.52. The summed E-state index contributed by atoms with van der Waals surface area (Å²) in [5, 5.41) is 1.37. The highest BCUT2D eigenvalue weighted by Gasteiger charge is 2.50. The minimum absolute atomic E-state index is 0.0359. The van der Waals surface area contributed by atoms with Gasteiger partial charge in [0.1, 0.15) is 0 Å². The molecule has 120 valence electrons. The van der Waals surface area contributed by atoms with E-state index in [1.165, 1.54) is 18.2 Å². The lowest BCUT2D eigenvalue weighted by Gasteiger charge is -2.22. The smallest absolute Gasteiger partial charge is 0.271 e. The number of fused-ring (bicyclic) bond motifs is 1. The number of nitrogens with one attached hydrogen (secondary N) is 1. The molecule has 1 heterocycles. The van der Waals surface area contributed by atoms with Crippen LogP contribution in [-0.4, -0.2) is 22.7 Å². The first-order valence-electron chi connectivity index (χ1n) is 7.20. The highest BCUT2D eigenvalue weighted by molar-refractivity contribution is 6.36. The third-order valence-corrected chi connectivity index (χ3v) is 4.81. The van der Waals surface area contributed by atoms with E-state index in [1.807, 2.05) is 19.1 Å². The number of hydrogen-bond acceptors (Lipinski definition) is 3. The molecule has 0 spiro atoms. The largest absolute Gasteiger partial charge is 0.272 e. The number of rotatable bonds is 2.